The van der Waals surface area contributed by atoms with E-state index in [1.54, 1.807) is 19.2 Å². The summed E-state index contributed by atoms with van der Waals surface area (Å²) >= 11 is 0. The number of aromatic nitrogens is 1. The number of hydrogen-bond acceptors (Lipinski definition) is 7. The summed E-state index contributed by atoms with van der Waals surface area (Å²) in [6.45, 7) is 5.10. The Morgan fingerprint density at radius 1 is 0.635 bits per heavy atom. The van der Waals surface area contributed by atoms with Crippen molar-refractivity contribution in [1.29, 1.82) is 0 Å². The molecule has 1 saturated heterocycles. The van der Waals surface area contributed by atoms with Crippen molar-refractivity contribution in [3.63, 3.8) is 0 Å². The van der Waals surface area contributed by atoms with E-state index < -0.39 is 47.8 Å². The molecule has 3 N–H and O–H groups in total. The number of methoxy groups -OCH3 is 1. The molecule has 3 aromatic rings. The Morgan fingerprint density at radius 3 is 1.29 bits per heavy atom. The molecule has 4 rings (SSSR count). The van der Waals surface area contributed by atoms with Crippen LogP contribution in [0.3, 0.4) is 0 Å². The van der Waals surface area contributed by atoms with Gasteiger partial charge in [0.1, 0.15) is 0 Å². The van der Waals surface area contributed by atoms with Crippen LogP contribution in [-0.4, -0.2) is 100 Å². The van der Waals surface area contributed by atoms with Gasteiger partial charge in [-0.05, 0) is 22.3 Å². The van der Waals surface area contributed by atoms with Gasteiger partial charge in [-0.1, -0.05) is 54.6 Å². The SMILES string of the molecule is COc1ccc(CN2CCN(Cc3ccc(-c4ccc(C(O)(C(F)(F)F)C(F)(F)F)cc4)cc3)CC2)cn1.O=C(O)C(F)(F)F.O=C(O)C(F)(F)F. The Labute approximate surface area is 286 Å². The van der Waals surface area contributed by atoms with Gasteiger partial charge in [0.25, 0.3) is 5.60 Å². The van der Waals surface area contributed by atoms with Crippen LogP contribution in [0.15, 0.2) is 66.9 Å². The van der Waals surface area contributed by atoms with Gasteiger partial charge in [0.05, 0.1) is 7.11 Å². The molecule has 21 heteroatoms. The van der Waals surface area contributed by atoms with Gasteiger partial charge in [0.2, 0.25) is 5.88 Å². The highest BCUT2D eigenvalue weighted by Crippen LogP contribution is 2.50. The van der Waals surface area contributed by atoms with Gasteiger partial charge in [0.15, 0.2) is 0 Å². The van der Waals surface area contributed by atoms with Crippen molar-refractivity contribution in [1.82, 2.24) is 14.8 Å². The fraction of sp³-hybridized carbons (Fsp3) is 0.387. The lowest BCUT2D eigenvalue weighted by molar-refractivity contribution is -0.376. The lowest BCUT2D eigenvalue weighted by Gasteiger charge is -2.34. The van der Waals surface area contributed by atoms with Crippen LogP contribution in [0.25, 0.3) is 11.1 Å². The van der Waals surface area contributed by atoms with E-state index in [0.29, 0.717) is 29.1 Å². The zero-order valence-electron chi connectivity index (χ0n) is 26.5. The first-order chi connectivity index (χ1) is 23.8. The van der Waals surface area contributed by atoms with Crippen molar-refractivity contribution >= 4 is 11.9 Å². The number of alkyl halides is 12. The number of nitrogens with zero attached hydrogens (tertiary/aromatic N) is 3. The zero-order chi connectivity index (χ0) is 39.7. The Kier molecular flexibility index (Phi) is 14.4. The summed E-state index contributed by atoms with van der Waals surface area (Å²) < 4.78 is 147. The van der Waals surface area contributed by atoms with Gasteiger partial charge in [0, 0.05) is 57.1 Å². The topological polar surface area (TPSA) is 123 Å². The molecule has 0 amide bonds. The maximum atomic E-state index is 13.1. The zero-order valence-corrected chi connectivity index (χ0v) is 26.5. The molecule has 2 aromatic carbocycles. The van der Waals surface area contributed by atoms with Crippen molar-refractivity contribution in [3.8, 4) is 17.0 Å². The number of carbonyl (C=O) groups is 2. The fourth-order valence-electron chi connectivity index (χ4n) is 4.44. The lowest BCUT2D eigenvalue weighted by atomic mass is 9.90. The van der Waals surface area contributed by atoms with E-state index in [9.17, 15) is 57.8 Å². The largest absolute Gasteiger partial charge is 0.490 e. The first-order valence-corrected chi connectivity index (χ1v) is 14.4. The standard InChI is InChI=1S/C27H27F6N3O2.2C2HF3O2/c1-38-24-11-4-20(16-34-24)18-36-14-12-35(13-15-36)17-19-2-5-21(6-3-19)22-7-9-23(10-8-22)25(37,26(28,29)30)27(31,32)33;2*3-2(4,5)1(6)7/h2-11,16,37H,12-15,17-18H2,1H3;2*(H,6,7). The predicted octanol–water partition coefficient (Wildman–Crippen LogP) is 6.65. The first kappa shape index (κ1) is 43.5. The molecule has 0 saturated carbocycles. The third-order valence-corrected chi connectivity index (χ3v) is 7.18. The number of halogens is 12. The third-order valence-electron chi connectivity index (χ3n) is 7.18. The van der Waals surface area contributed by atoms with Crippen LogP contribution in [-0.2, 0) is 28.3 Å². The second kappa shape index (κ2) is 17.3. The molecular formula is C31H29F12N3O6. The number of hydrogen-bond donors (Lipinski definition) is 3. The number of aliphatic hydroxyl groups is 1. The van der Waals surface area contributed by atoms with Crippen LogP contribution in [0, 0.1) is 0 Å². The molecule has 9 nitrogen and oxygen atoms in total. The fourth-order valence-corrected chi connectivity index (χ4v) is 4.44. The van der Waals surface area contributed by atoms with Crippen LogP contribution in [0.2, 0.25) is 0 Å². The minimum atomic E-state index is -5.91. The van der Waals surface area contributed by atoms with E-state index in [4.69, 9.17) is 24.5 Å². The van der Waals surface area contributed by atoms with Gasteiger partial charge in [-0.3, -0.25) is 9.80 Å². The summed E-state index contributed by atoms with van der Waals surface area (Å²) in [6.07, 6.45) is -20.2. The number of benzene rings is 2. The molecule has 2 heterocycles. The molecule has 0 spiro atoms. The number of carboxylic acid groups (broad SMARTS) is 2. The van der Waals surface area contributed by atoms with Crippen molar-refractivity contribution in [3.05, 3.63) is 83.6 Å². The number of ether oxygens (including phenoxy) is 1. The normalized spacial score (nSPS) is 14.7. The predicted molar refractivity (Wildman–Crippen MR) is 157 cm³/mol. The highest BCUT2D eigenvalue weighted by atomic mass is 19.4. The minimum absolute atomic E-state index is 0.439. The molecule has 1 fully saturated rings. The number of piperazine rings is 1. The van der Waals surface area contributed by atoms with E-state index in [2.05, 4.69) is 14.8 Å². The maximum Gasteiger partial charge on any atom is 0.490 e. The Hall–Kier alpha value is -4.63. The quantitative estimate of drug-likeness (QED) is 0.227. The van der Waals surface area contributed by atoms with Crippen LogP contribution in [0.4, 0.5) is 52.7 Å². The van der Waals surface area contributed by atoms with Crippen molar-refractivity contribution in [2.75, 3.05) is 33.3 Å². The summed E-state index contributed by atoms with van der Waals surface area (Å²) in [7, 11) is 1.58. The van der Waals surface area contributed by atoms with Crippen LogP contribution in [0.1, 0.15) is 16.7 Å². The van der Waals surface area contributed by atoms with Crippen molar-refractivity contribution < 1.29 is 82.3 Å². The summed E-state index contributed by atoms with van der Waals surface area (Å²) in [6, 6.07) is 14.8. The molecule has 0 atom stereocenters. The van der Waals surface area contributed by atoms with Crippen molar-refractivity contribution in [2.45, 2.75) is 43.4 Å². The summed E-state index contributed by atoms with van der Waals surface area (Å²) in [5, 5.41) is 23.8. The molecule has 0 radical (unpaired) electrons. The number of aliphatic carboxylic acids is 2. The first-order valence-electron chi connectivity index (χ1n) is 14.4. The van der Waals surface area contributed by atoms with E-state index in [1.165, 1.54) is 0 Å². The number of rotatable bonds is 7. The molecule has 52 heavy (non-hydrogen) atoms. The van der Waals surface area contributed by atoms with Gasteiger partial charge in [-0.2, -0.15) is 52.7 Å². The Morgan fingerprint density at radius 2 is 0.981 bits per heavy atom. The number of carboxylic acids is 2. The smallest absolute Gasteiger partial charge is 0.481 e. The molecule has 1 aliphatic rings. The third kappa shape index (κ3) is 12.3. The summed E-state index contributed by atoms with van der Waals surface area (Å²) in [5.41, 5.74) is -2.97. The average Bonchev–Trinajstić information content (AvgIpc) is 3.05. The van der Waals surface area contributed by atoms with E-state index >= 15 is 0 Å². The molecular weight excluding hydrogens is 738 g/mol. The highest BCUT2D eigenvalue weighted by molar-refractivity contribution is 5.73. The monoisotopic (exact) mass is 767 g/mol. The molecule has 288 valence electrons. The van der Waals surface area contributed by atoms with Crippen molar-refractivity contribution in [2.24, 2.45) is 0 Å². The van der Waals surface area contributed by atoms with E-state index in [0.717, 1.165) is 62.5 Å². The average molecular weight is 768 g/mol. The molecule has 0 unspecified atom stereocenters. The molecule has 0 aliphatic carbocycles. The second-order valence-electron chi connectivity index (χ2n) is 10.8. The van der Waals surface area contributed by atoms with E-state index in [-0.39, 0.29) is 0 Å². The van der Waals surface area contributed by atoms with Crippen LogP contribution >= 0.6 is 0 Å². The lowest BCUT2D eigenvalue weighted by Crippen LogP contribution is -2.53. The maximum absolute atomic E-state index is 13.1. The molecule has 1 aliphatic heterocycles. The highest BCUT2D eigenvalue weighted by Gasteiger charge is 2.71. The van der Waals surface area contributed by atoms with Gasteiger partial charge in [-0.25, -0.2) is 14.6 Å². The summed E-state index contributed by atoms with van der Waals surface area (Å²) in [4.78, 5) is 26.7. The van der Waals surface area contributed by atoms with Gasteiger partial charge in [-0.15, -0.1) is 0 Å². The van der Waals surface area contributed by atoms with Crippen LogP contribution < -0.4 is 4.74 Å². The summed E-state index contributed by atoms with van der Waals surface area (Å²) in [5.74, 6) is -4.93. The Bertz CT molecular complexity index is 1550. The van der Waals surface area contributed by atoms with Gasteiger partial charge < -0.3 is 20.1 Å². The Balaban J connectivity index is 0.000000564. The molecule has 1 aromatic heterocycles. The van der Waals surface area contributed by atoms with Gasteiger partial charge >= 0.3 is 36.6 Å². The van der Waals surface area contributed by atoms with E-state index in [1.807, 2.05) is 30.5 Å². The molecule has 0 bridgehead atoms. The minimum Gasteiger partial charge on any atom is -0.481 e. The van der Waals surface area contributed by atoms with Crippen LogP contribution in [0.5, 0.6) is 5.88 Å². The second-order valence-corrected chi connectivity index (χ2v) is 10.8. The number of pyridine rings is 1.